The lowest BCUT2D eigenvalue weighted by Crippen LogP contribution is -2.32. The molecule has 0 atom stereocenters. The number of hydrogen-bond donors (Lipinski definition) is 0. The van der Waals surface area contributed by atoms with Gasteiger partial charge in [-0.2, -0.15) is 0 Å². The number of pyridine rings is 1. The summed E-state index contributed by atoms with van der Waals surface area (Å²) in [5.41, 5.74) is 1.92. The highest BCUT2D eigenvalue weighted by molar-refractivity contribution is 5.99. The van der Waals surface area contributed by atoms with E-state index in [0.717, 1.165) is 17.8 Å². The van der Waals surface area contributed by atoms with E-state index in [9.17, 15) is 22.8 Å². The average Bonchev–Trinajstić information content (AvgIpc) is 2.93. The van der Waals surface area contributed by atoms with Gasteiger partial charge in [0.1, 0.15) is 18.1 Å². The molecule has 4 rings (SSSR count). The Hall–Kier alpha value is -3.88. The smallest absolute Gasteiger partial charge is 0.491 e. The third-order valence-corrected chi connectivity index (χ3v) is 5.03. The molecule has 1 aromatic heterocycles. The number of aromatic nitrogens is 1. The highest BCUT2D eigenvalue weighted by Gasteiger charge is 2.31. The van der Waals surface area contributed by atoms with Gasteiger partial charge in [0.05, 0.1) is 24.3 Å². The van der Waals surface area contributed by atoms with Gasteiger partial charge in [0.2, 0.25) is 0 Å². The summed E-state index contributed by atoms with van der Waals surface area (Å²) in [6, 6.07) is 15.2. The molecule has 1 amide bonds. The van der Waals surface area contributed by atoms with Crippen molar-refractivity contribution >= 4 is 11.7 Å². The minimum Gasteiger partial charge on any atom is -0.491 e. The molecule has 3 aromatic rings. The van der Waals surface area contributed by atoms with Crippen molar-refractivity contribution in [3.05, 3.63) is 89.2 Å². The molecule has 0 saturated heterocycles. The normalized spacial score (nSPS) is 13.7. The lowest BCUT2D eigenvalue weighted by molar-refractivity contribution is -0.274. The molecule has 0 radical (unpaired) electrons. The number of benzene rings is 2. The lowest BCUT2D eigenvalue weighted by atomic mass is 10.0. The summed E-state index contributed by atoms with van der Waals surface area (Å²) in [6.07, 6.45) is -3.17. The molecule has 0 bridgehead atoms. The lowest BCUT2D eigenvalue weighted by Gasteiger charge is -2.19. The van der Waals surface area contributed by atoms with E-state index in [2.05, 4.69) is 9.72 Å². The Morgan fingerprint density at radius 1 is 1.09 bits per heavy atom. The summed E-state index contributed by atoms with van der Waals surface area (Å²) < 4.78 is 46.4. The maximum absolute atomic E-state index is 13.1. The molecule has 0 saturated carbocycles. The van der Waals surface area contributed by atoms with Crippen LogP contribution in [-0.4, -0.2) is 41.1 Å². The number of carbonyl (C=O) groups is 2. The maximum Gasteiger partial charge on any atom is 0.573 e. The molecule has 0 aliphatic carbocycles. The van der Waals surface area contributed by atoms with Crippen LogP contribution in [0.3, 0.4) is 0 Å². The highest BCUT2D eigenvalue weighted by atomic mass is 19.4. The number of rotatable bonds is 6. The molecule has 1 aliphatic heterocycles. The monoisotopic (exact) mass is 456 g/mol. The van der Waals surface area contributed by atoms with Crippen LogP contribution in [0.25, 0.3) is 0 Å². The Morgan fingerprint density at radius 3 is 2.58 bits per heavy atom. The fourth-order valence-electron chi connectivity index (χ4n) is 3.49. The summed E-state index contributed by atoms with van der Waals surface area (Å²) in [6.45, 7) is 1.05. The van der Waals surface area contributed by atoms with Gasteiger partial charge < -0.3 is 14.4 Å². The van der Waals surface area contributed by atoms with Crippen LogP contribution in [0, 0.1) is 0 Å². The standard InChI is InChI=1S/C24H19F3N2O4/c25-24(26,27)33-19-7-5-17(6-8-19)21(30)14-16-4-9-22-20(13-16)23(31)29(11-12-32-22)15-18-3-1-2-10-28-18/h1-10,13H,11-12,14-15H2. The van der Waals surface area contributed by atoms with E-state index in [1.165, 1.54) is 12.1 Å². The molecule has 33 heavy (non-hydrogen) atoms. The zero-order valence-electron chi connectivity index (χ0n) is 17.3. The Labute approximate surface area is 187 Å². The number of Topliss-reactive ketones (excluding diaryl/α,β-unsaturated/α-hetero) is 1. The van der Waals surface area contributed by atoms with Crippen molar-refractivity contribution in [3.63, 3.8) is 0 Å². The number of nitrogens with zero attached hydrogens (tertiary/aromatic N) is 2. The van der Waals surface area contributed by atoms with E-state index in [1.54, 1.807) is 35.4 Å². The van der Waals surface area contributed by atoms with Gasteiger partial charge >= 0.3 is 6.36 Å². The van der Waals surface area contributed by atoms with Gasteiger partial charge in [-0.1, -0.05) is 12.1 Å². The number of carbonyl (C=O) groups excluding carboxylic acids is 2. The second-order valence-electron chi connectivity index (χ2n) is 7.40. The van der Waals surface area contributed by atoms with E-state index in [-0.39, 0.29) is 23.7 Å². The molecule has 0 N–H and O–H groups in total. The van der Waals surface area contributed by atoms with E-state index < -0.39 is 12.1 Å². The molecule has 1 aliphatic rings. The van der Waals surface area contributed by atoms with Crippen molar-refractivity contribution in [1.29, 1.82) is 0 Å². The van der Waals surface area contributed by atoms with Gasteiger partial charge in [-0.25, -0.2) is 0 Å². The molecular formula is C24H19F3N2O4. The van der Waals surface area contributed by atoms with Crippen molar-refractivity contribution in [1.82, 2.24) is 9.88 Å². The molecule has 0 unspecified atom stereocenters. The van der Waals surface area contributed by atoms with Crippen LogP contribution in [0.2, 0.25) is 0 Å². The van der Waals surface area contributed by atoms with E-state index in [0.29, 0.717) is 36.6 Å². The third-order valence-electron chi connectivity index (χ3n) is 5.03. The minimum atomic E-state index is -4.80. The molecule has 170 valence electrons. The number of amides is 1. The summed E-state index contributed by atoms with van der Waals surface area (Å²) >= 11 is 0. The van der Waals surface area contributed by atoms with E-state index >= 15 is 0 Å². The second kappa shape index (κ2) is 9.32. The van der Waals surface area contributed by atoms with E-state index in [1.807, 2.05) is 12.1 Å². The number of hydrogen-bond acceptors (Lipinski definition) is 5. The van der Waals surface area contributed by atoms with Crippen molar-refractivity contribution in [2.24, 2.45) is 0 Å². The number of fused-ring (bicyclic) bond motifs is 1. The highest BCUT2D eigenvalue weighted by Crippen LogP contribution is 2.27. The molecule has 0 fully saturated rings. The first-order valence-electron chi connectivity index (χ1n) is 10.1. The van der Waals surface area contributed by atoms with Crippen LogP contribution >= 0.6 is 0 Å². The predicted octanol–water partition coefficient (Wildman–Crippen LogP) is 4.44. The Balaban J connectivity index is 1.49. The van der Waals surface area contributed by atoms with Gasteiger partial charge in [-0.05, 0) is 54.1 Å². The number of alkyl halides is 3. The molecule has 0 spiro atoms. The maximum atomic E-state index is 13.1. The Morgan fingerprint density at radius 2 is 1.88 bits per heavy atom. The topological polar surface area (TPSA) is 68.7 Å². The molecular weight excluding hydrogens is 437 g/mol. The first kappa shape index (κ1) is 22.3. The van der Waals surface area contributed by atoms with Crippen LogP contribution in [0.4, 0.5) is 13.2 Å². The van der Waals surface area contributed by atoms with E-state index in [4.69, 9.17) is 4.74 Å². The SMILES string of the molecule is O=C(Cc1ccc2c(c1)C(=O)N(Cc1ccccn1)CCO2)c1ccc(OC(F)(F)F)cc1. The van der Waals surface area contributed by atoms with Crippen LogP contribution in [0.1, 0.15) is 32.0 Å². The summed E-state index contributed by atoms with van der Waals surface area (Å²) in [5, 5.41) is 0. The van der Waals surface area contributed by atoms with Gasteiger partial charge in [0.15, 0.2) is 5.78 Å². The van der Waals surface area contributed by atoms with Crippen molar-refractivity contribution in [2.45, 2.75) is 19.3 Å². The zero-order chi connectivity index (χ0) is 23.4. The van der Waals surface area contributed by atoms with Crippen LogP contribution in [0.15, 0.2) is 66.9 Å². The fourth-order valence-corrected chi connectivity index (χ4v) is 3.49. The largest absolute Gasteiger partial charge is 0.573 e. The van der Waals surface area contributed by atoms with Crippen LogP contribution < -0.4 is 9.47 Å². The fraction of sp³-hybridized carbons (Fsp3) is 0.208. The van der Waals surface area contributed by atoms with Crippen molar-refractivity contribution < 1.29 is 32.2 Å². The summed E-state index contributed by atoms with van der Waals surface area (Å²) in [5.74, 6) is -0.495. The number of ketones is 1. The summed E-state index contributed by atoms with van der Waals surface area (Å²) in [7, 11) is 0. The third kappa shape index (κ3) is 5.68. The average molecular weight is 456 g/mol. The van der Waals surface area contributed by atoms with Crippen LogP contribution in [0.5, 0.6) is 11.5 Å². The van der Waals surface area contributed by atoms with Crippen molar-refractivity contribution in [3.8, 4) is 11.5 Å². The molecule has 6 nitrogen and oxygen atoms in total. The number of halogens is 3. The second-order valence-corrected chi connectivity index (χ2v) is 7.40. The first-order chi connectivity index (χ1) is 15.8. The van der Waals surface area contributed by atoms with Gasteiger partial charge in [0, 0.05) is 18.2 Å². The predicted molar refractivity (Wildman–Crippen MR) is 112 cm³/mol. The zero-order valence-corrected chi connectivity index (χ0v) is 17.3. The minimum absolute atomic E-state index is 0.0275. The summed E-state index contributed by atoms with van der Waals surface area (Å²) in [4.78, 5) is 31.7. The van der Waals surface area contributed by atoms with Crippen LogP contribution in [-0.2, 0) is 13.0 Å². The van der Waals surface area contributed by atoms with Gasteiger partial charge in [-0.15, -0.1) is 13.2 Å². The quantitative estimate of drug-likeness (QED) is 0.513. The van der Waals surface area contributed by atoms with Crippen molar-refractivity contribution in [2.75, 3.05) is 13.2 Å². The van der Waals surface area contributed by atoms with Gasteiger partial charge in [-0.3, -0.25) is 14.6 Å². The van der Waals surface area contributed by atoms with Gasteiger partial charge in [0.25, 0.3) is 5.91 Å². The Kier molecular flexibility index (Phi) is 6.30. The Bertz CT molecular complexity index is 1150. The number of ether oxygens (including phenoxy) is 2. The molecule has 2 aromatic carbocycles. The first-order valence-corrected chi connectivity index (χ1v) is 10.1. The molecule has 2 heterocycles. The molecule has 9 heteroatoms.